The van der Waals surface area contributed by atoms with Gasteiger partial charge < -0.3 is 15.5 Å². The molecule has 1 aliphatic heterocycles. The van der Waals surface area contributed by atoms with Gasteiger partial charge in [-0.2, -0.15) is 0 Å². The molecular weight excluding hydrogens is 327 g/mol. The highest BCUT2D eigenvalue weighted by Crippen LogP contribution is 2.13. The minimum absolute atomic E-state index is 0. The molecule has 1 saturated heterocycles. The zero-order chi connectivity index (χ0) is 11.8. The molecule has 1 unspecified atom stereocenters. The second-order valence-corrected chi connectivity index (χ2v) is 4.31. The van der Waals surface area contributed by atoms with Gasteiger partial charge in [0.25, 0.3) is 0 Å². The zero-order valence-electron chi connectivity index (χ0n) is 10.9. The van der Waals surface area contributed by atoms with Crippen LogP contribution in [-0.2, 0) is 0 Å². The molecule has 0 radical (unpaired) electrons. The van der Waals surface area contributed by atoms with E-state index < -0.39 is 0 Å². The molecule has 100 valence electrons. The van der Waals surface area contributed by atoms with Crippen LogP contribution < -0.4 is 10.6 Å². The number of rotatable bonds is 5. The summed E-state index contributed by atoms with van der Waals surface area (Å²) >= 11 is 0. The second kappa shape index (κ2) is 9.70. The average molecular weight is 352 g/mol. The standard InChI is InChI=1S/C12H24N4.HI/c1-4-7-14-12(13-5-2)15-9-11-6-8-16(3)10-11;/h4,11H,1,5-10H2,2-3H3,(H2,13,14,15);1H. The maximum Gasteiger partial charge on any atom is 0.191 e. The van der Waals surface area contributed by atoms with Gasteiger partial charge in [0.1, 0.15) is 0 Å². The number of likely N-dealkylation sites (tertiary alicyclic amines) is 1. The van der Waals surface area contributed by atoms with Gasteiger partial charge in [-0.25, -0.2) is 0 Å². The highest BCUT2D eigenvalue weighted by molar-refractivity contribution is 14.0. The van der Waals surface area contributed by atoms with Crippen molar-refractivity contribution in [2.24, 2.45) is 10.9 Å². The van der Waals surface area contributed by atoms with Crippen LogP contribution in [0, 0.1) is 5.92 Å². The third-order valence-corrected chi connectivity index (χ3v) is 2.75. The maximum absolute atomic E-state index is 4.59. The van der Waals surface area contributed by atoms with Crippen LogP contribution >= 0.6 is 24.0 Å². The quantitative estimate of drug-likeness (QED) is 0.339. The van der Waals surface area contributed by atoms with Gasteiger partial charge in [0.2, 0.25) is 0 Å². The van der Waals surface area contributed by atoms with Crippen LogP contribution in [-0.4, -0.2) is 50.6 Å². The Morgan fingerprint density at radius 3 is 2.82 bits per heavy atom. The molecule has 0 amide bonds. The van der Waals surface area contributed by atoms with E-state index in [4.69, 9.17) is 0 Å². The zero-order valence-corrected chi connectivity index (χ0v) is 13.2. The van der Waals surface area contributed by atoms with Gasteiger partial charge in [-0.1, -0.05) is 6.08 Å². The van der Waals surface area contributed by atoms with E-state index in [0.29, 0.717) is 5.92 Å². The molecule has 1 atom stereocenters. The summed E-state index contributed by atoms with van der Waals surface area (Å²) in [6.07, 6.45) is 3.11. The topological polar surface area (TPSA) is 39.7 Å². The van der Waals surface area contributed by atoms with E-state index in [0.717, 1.165) is 25.6 Å². The van der Waals surface area contributed by atoms with Gasteiger partial charge in [-0.15, -0.1) is 30.6 Å². The first-order chi connectivity index (χ1) is 7.76. The van der Waals surface area contributed by atoms with Crippen molar-refractivity contribution in [3.8, 4) is 0 Å². The molecule has 0 spiro atoms. The van der Waals surface area contributed by atoms with Crippen LogP contribution in [0.5, 0.6) is 0 Å². The van der Waals surface area contributed by atoms with Crippen LogP contribution in [0.15, 0.2) is 17.6 Å². The number of guanidine groups is 1. The Hall–Kier alpha value is -0.300. The summed E-state index contributed by atoms with van der Waals surface area (Å²) in [7, 11) is 2.17. The Bertz CT molecular complexity index is 243. The van der Waals surface area contributed by atoms with Crippen molar-refractivity contribution < 1.29 is 0 Å². The lowest BCUT2D eigenvalue weighted by Crippen LogP contribution is -2.37. The molecule has 0 aliphatic carbocycles. The number of aliphatic imine (C=N–C) groups is 1. The van der Waals surface area contributed by atoms with Crippen molar-refractivity contribution in [1.29, 1.82) is 0 Å². The molecule has 0 aromatic heterocycles. The van der Waals surface area contributed by atoms with E-state index in [1.807, 2.05) is 6.08 Å². The SMILES string of the molecule is C=CCNC(=NCC1CCN(C)C1)NCC.I. The highest BCUT2D eigenvalue weighted by Gasteiger charge is 2.18. The largest absolute Gasteiger partial charge is 0.357 e. The highest BCUT2D eigenvalue weighted by atomic mass is 127. The van der Waals surface area contributed by atoms with Gasteiger partial charge in [0, 0.05) is 26.2 Å². The first-order valence-electron chi connectivity index (χ1n) is 6.07. The molecule has 0 aromatic carbocycles. The molecule has 4 nitrogen and oxygen atoms in total. The lowest BCUT2D eigenvalue weighted by Gasteiger charge is -2.11. The van der Waals surface area contributed by atoms with E-state index >= 15 is 0 Å². The van der Waals surface area contributed by atoms with Crippen LogP contribution in [0.25, 0.3) is 0 Å². The van der Waals surface area contributed by atoms with Crippen molar-refractivity contribution in [2.45, 2.75) is 13.3 Å². The molecule has 0 saturated carbocycles. The van der Waals surface area contributed by atoms with Crippen LogP contribution in [0.1, 0.15) is 13.3 Å². The summed E-state index contributed by atoms with van der Waals surface area (Å²) in [4.78, 5) is 6.95. The number of nitrogens with one attached hydrogen (secondary N) is 2. The van der Waals surface area contributed by atoms with Gasteiger partial charge in [-0.05, 0) is 32.9 Å². The summed E-state index contributed by atoms with van der Waals surface area (Å²) in [5, 5.41) is 6.44. The Balaban J connectivity index is 0.00000256. The van der Waals surface area contributed by atoms with Crippen LogP contribution in [0.2, 0.25) is 0 Å². The van der Waals surface area contributed by atoms with E-state index in [1.54, 1.807) is 0 Å². The molecular formula is C12H25IN4. The van der Waals surface area contributed by atoms with Crippen molar-refractivity contribution >= 4 is 29.9 Å². The van der Waals surface area contributed by atoms with Crippen molar-refractivity contribution in [3.63, 3.8) is 0 Å². The monoisotopic (exact) mass is 352 g/mol. The summed E-state index contributed by atoms with van der Waals surface area (Å²) in [6, 6.07) is 0. The molecule has 0 aromatic rings. The Kier molecular flexibility index (Phi) is 9.53. The van der Waals surface area contributed by atoms with E-state index in [-0.39, 0.29) is 24.0 Å². The van der Waals surface area contributed by atoms with Crippen molar-refractivity contribution in [2.75, 3.05) is 39.8 Å². The van der Waals surface area contributed by atoms with E-state index in [9.17, 15) is 0 Å². The summed E-state index contributed by atoms with van der Waals surface area (Å²) in [5.74, 6) is 1.61. The van der Waals surface area contributed by atoms with E-state index in [1.165, 1.54) is 19.5 Å². The lowest BCUT2D eigenvalue weighted by atomic mass is 10.1. The van der Waals surface area contributed by atoms with Gasteiger partial charge >= 0.3 is 0 Å². The fraction of sp³-hybridized carbons (Fsp3) is 0.750. The fourth-order valence-electron chi connectivity index (χ4n) is 1.91. The molecule has 0 bridgehead atoms. The fourth-order valence-corrected chi connectivity index (χ4v) is 1.91. The molecule has 17 heavy (non-hydrogen) atoms. The normalized spacial score (nSPS) is 20.8. The van der Waals surface area contributed by atoms with Crippen molar-refractivity contribution in [3.05, 3.63) is 12.7 Å². The van der Waals surface area contributed by atoms with Crippen LogP contribution in [0.3, 0.4) is 0 Å². The predicted octanol–water partition coefficient (Wildman–Crippen LogP) is 1.30. The third-order valence-electron chi connectivity index (χ3n) is 2.75. The number of hydrogen-bond donors (Lipinski definition) is 2. The first-order valence-corrected chi connectivity index (χ1v) is 6.07. The molecule has 1 fully saturated rings. The second-order valence-electron chi connectivity index (χ2n) is 4.31. The van der Waals surface area contributed by atoms with Crippen molar-refractivity contribution in [1.82, 2.24) is 15.5 Å². The third kappa shape index (κ3) is 6.88. The van der Waals surface area contributed by atoms with Gasteiger partial charge in [0.05, 0.1) is 0 Å². The Morgan fingerprint density at radius 2 is 2.29 bits per heavy atom. The summed E-state index contributed by atoms with van der Waals surface area (Å²) < 4.78 is 0. The summed E-state index contributed by atoms with van der Waals surface area (Å²) in [6.45, 7) is 10.7. The minimum Gasteiger partial charge on any atom is -0.357 e. The minimum atomic E-state index is 0. The summed E-state index contributed by atoms with van der Waals surface area (Å²) in [5.41, 5.74) is 0. The van der Waals surface area contributed by atoms with Gasteiger partial charge in [-0.3, -0.25) is 4.99 Å². The Morgan fingerprint density at radius 1 is 1.53 bits per heavy atom. The van der Waals surface area contributed by atoms with Crippen LogP contribution in [0.4, 0.5) is 0 Å². The first kappa shape index (κ1) is 16.7. The van der Waals surface area contributed by atoms with E-state index in [2.05, 4.69) is 41.1 Å². The number of nitrogens with zero attached hydrogens (tertiary/aromatic N) is 2. The Labute approximate surface area is 122 Å². The van der Waals surface area contributed by atoms with Gasteiger partial charge in [0.15, 0.2) is 5.96 Å². The number of hydrogen-bond acceptors (Lipinski definition) is 2. The smallest absolute Gasteiger partial charge is 0.191 e. The molecule has 1 heterocycles. The maximum atomic E-state index is 4.59. The predicted molar refractivity (Wildman–Crippen MR) is 85.2 cm³/mol. The molecule has 2 N–H and O–H groups in total. The molecule has 5 heteroatoms. The molecule has 1 rings (SSSR count). The molecule has 1 aliphatic rings. The number of halogens is 1. The lowest BCUT2D eigenvalue weighted by molar-refractivity contribution is 0.397. The average Bonchev–Trinajstić information content (AvgIpc) is 2.68.